The van der Waals surface area contributed by atoms with Crippen molar-refractivity contribution in [3.63, 3.8) is 0 Å². The van der Waals surface area contributed by atoms with Crippen LogP contribution in [0.4, 0.5) is 5.69 Å². The predicted molar refractivity (Wildman–Crippen MR) is 78.3 cm³/mol. The lowest BCUT2D eigenvalue weighted by molar-refractivity contribution is -0.122. The second-order valence-electron chi connectivity index (χ2n) is 5.43. The maximum atomic E-state index is 12.2. The van der Waals surface area contributed by atoms with Gasteiger partial charge in [0.05, 0.1) is 0 Å². The summed E-state index contributed by atoms with van der Waals surface area (Å²) < 4.78 is 0. The summed E-state index contributed by atoms with van der Waals surface area (Å²) in [6.07, 6.45) is 0.940. The van der Waals surface area contributed by atoms with Crippen LogP contribution in [0, 0.1) is 13.8 Å². The van der Waals surface area contributed by atoms with Gasteiger partial charge in [0.1, 0.15) is 6.04 Å². The summed E-state index contributed by atoms with van der Waals surface area (Å²) in [6.45, 7) is 7.39. The standard InChI is InChI=1S/C15H23N3O/c1-10-4-5-13(11(2)8-10)18-7-6-12(3)17-15(19)14(18)9-16/h4-5,8,12,14H,6-7,9,16H2,1-3H3,(H,17,19). The lowest BCUT2D eigenvalue weighted by Crippen LogP contribution is -2.49. The van der Waals surface area contributed by atoms with Gasteiger partial charge in [-0.2, -0.15) is 0 Å². The maximum absolute atomic E-state index is 12.2. The van der Waals surface area contributed by atoms with E-state index >= 15 is 0 Å². The molecule has 2 atom stereocenters. The Kier molecular flexibility index (Phi) is 4.10. The average Bonchev–Trinajstić information content (AvgIpc) is 2.48. The molecule has 1 aliphatic rings. The number of aryl methyl sites for hydroxylation is 2. The number of nitrogens with one attached hydrogen (secondary N) is 1. The van der Waals surface area contributed by atoms with Crippen molar-refractivity contribution in [2.45, 2.75) is 39.3 Å². The minimum Gasteiger partial charge on any atom is -0.358 e. The minimum absolute atomic E-state index is 0.0347. The van der Waals surface area contributed by atoms with Gasteiger partial charge < -0.3 is 16.0 Å². The maximum Gasteiger partial charge on any atom is 0.244 e. The number of nitrogens with zero attached hydrogens (tertiary/aromatic N) is 1. The van der Waals surface area contributed by atoms with Crippen LogP contribution in [0.2, 0.25) is 0 Å². The molecule has 2 unspecified atom stereocenters. The number of rotatable bonds is 2. The molecule has 1 heterocycles. The van der Waals surface area contributed by atoms with Crippen LogP contribution in [0.25, 0.3) is 0 Å². The molecular formula is C15H23N3O. The highest BCUT2D eigenvalue weighted by Gasteiger charge is 2.29. The molecule has 2 rings (SSSR count). The van der Waals surface area contributed by atoms with Gasteiger partial charge in [0.15, 0.2) is 0 Å². The van der Waals surface area contributed by atoms with E-state index in [9.17, 15) is 4.79 Å². The number of anilines is 1. The molecule has 1 aliphatic heterocycles. The van der Waals surface area contributed by atoms with Gasteiger partial charge in [0.2, 0.25) is 5.91 Å². The molecule has 0 aromatic heterocycles. The lowest BCUT2D eigenvalue weighted by atomic mass is 10.1. The van der Waals surface area contributed by atoms with E-state index in [0.29, 0.717) is 6.54 Å². The average molecular weight is 261 g/mol. The van der Waals surface area contributed by atoms with E-state index in [1.165, 1.54) is 11.1 Å². The Bertz CT molecular complexity index is 472. The van der Waals surface area contributed by atoms with Gasteiger partial charge >= 0.3 is 0 Å². The molecule has 0 aliphatic carbocycles. The monoisotopic (exact) mass is 261 g/mol. The van der Waals surface area contributed by atoms with E-state index in [1.807, 2.05) is 6.92 Å². The summed E-state index contributed by atoms with van der Waals surface area (Å²) in [7, 11) is 0. The number of hydrogen-bond acceptors (Lipinski definition) is 3. The van der Waals surface area contributed by atoms with Gasteiger partial charge in [0, 0.05) is 24.8 Å². The molecule has 0 bridgehead atoms. The lowest BCUT2D eigenvalue weighted by Gasteiger charge is -2.31. The van der Waals surface area contributed by atoms with Crippen molar-refractivity contribution < 1.29 is 4.79 Å². The SMILES string of the molecule is Cc1ccc(N2CCC(C)NC(=O)C2CN)c(C)c1. The molecule has 1 saturated heterocycles. The molecule has 0 spiro atoms. The van der Waals surface area contributed by atoms with Gasteiger partial charge in [0.25, 0.3) is 0 Å². The second kappa shape index (κ2) is 5.61. The summed E-state index contributed by atoms with van der Waals surface area (Å²) in [6, 6.07) is 6.26. The fraction of sp³-hybridized carbons (Fsp3) is 0.533. The third-order valence-corrected chi connectivity index (χ3v) is 3.76. The van der Waals surface area contributed by atoms with Gasteiger partial charge in [-0.1, -0.05) is 17.7 Å². The van der Waals surface area contributed by atoms with Crippen LogP contribution in [0.15, 0.2) is 18.2 Å². The van der Waals surface area contributed by atoms with Crippen molar-refractivity contribution in [3.05, 3.63) is 29.3 Å². The molecule has 104 valence electrons. The zero-order chi connectivity index (χ0) is 14.0. The number of carbonyl (C=O) groups is 1. The zero-order valence-electron chi connectivity index (χ0n) is 11.9. The van der Waals surface area contributed by atoms with Gasteiger partial charge in [-0.25, -0.2) is 0 Å². The highest BCUT2D eigenvalue weighted by atomic mass is 16.2. The van der Waals surface area contributed by atoms with Crippen LogP contribution in [-0.4, -0.2) is 31.1 Å². The van der Waals surface area contributed by atoms with E-state index in [0.717, 1.165) is 18.7 Å². The highest BCUT2D eigenvalue weighted by molar-refractivity contribution is 5.86. The van der Waals surface area contributed by atoms with Crippen LogP contribution in [-0.2, 0) is 4.79 Å². The van der Waals surface area contributed by atoms with Gasteiger partial charge in [-0.15, -0.1) is 0 Å². The van der Waals surface area contributed by atoms with Crippen LogP contribution in [0.5, 0.6) is 0 Å². The van der Waals surface area contributed by atoms with E-state index < -0.39 is 0 Å². The first-order valence-electron chi connectivity index (χ1n) is 6.87. The fourth-order valence-corrected chi connectivity index (χ4v) is 2.69. The first-order valence-corrected chi connectivity index (χ1v) is 6.87. The van der Waals surface area contributed by atoms with Crippen LogP contribution in [0.3, 0.4) is 0 Å². The molecule has 0 radical (unpaired) electrons. The van der Waals surface area contributed by atoms with Crippen molar-refractivity contribution in [3.8, 4) is 0 Å². The molecule has 4 nitrogen and oxygen atoms in total. The Morgan fingerprint density at radius 2 is 2.16 bits per heavy atom. The van der Waals surface area contributed by atoms with E-state index in [-0.39, 0.29) is 18.0 Å². The molecule has 1 amide bonds. The minimum atomic E-state index is -0.272. The summed E-state index contributed by atoms with van der Waals surface area (Å²) in [5, 5.41) is 3.01. The third-order valence-electron chi connectivity index (χ3n) is 3.76. The Balaban J connectivity index is 2.36. The molecular weight excluding hydrogens is 238 g/mol. The Hall–Kier alpha value is -1.55. The van der Waals surface area contributed by atoms with Crippen molar-refractivity contribution in [2.75, 3.05) is 18.0 Å². The quantitative estimate of drug-likeness (QED) is 0.845. The number of amides is 1. The van der Waals surface area contributed by atoms with Crippen molar-refractivity contribution >= 4 is 11.6 Å². The molecule has 1 fully saturated rings. The first kappa shape index (κ1) is 13.9. The molecule has 3 N–H and O–H groups in total. The Labute approximate surface area is 115 Å². The third kappa shape index (κ3) is 2.89. The summed E-state index contributed by atoms with van der Waals surface area (Å²) >= 11 is 0. The first-order chi connectivity index (χ1) is 9.02. The topological polar surface area (TPSA) is 58.4 Å². The van der Waals surface area contributed by atoms with E-state index in [4.69, 9.17) is 5.73 Å². The smallest absolute Gasteiger partial charge is 0.244 e. The summed E-state index contributed by atoms with van der Waals surface area (Å²) in [5.41, 5.74) is 9.36. The second-order valence-corrected chi connectivity index (χ2v) is 5.43. The van der Waals surface area contributed by atoms with Crippen LogP contribution in [0.1, 0.15) is 24.5 Å². The van der Waals surface area contributed by atoms with E-state index in [1.54, 1.807) is 0 Å². The fourth-order valence-electron chi connectivity index (χ4n) is 2.69. The zero-order valence-corrected chi connectivity index (χ0v) is 11.9. The van der Waals surface area contributed by atoms with Crippen LogP contribution >= 0.6 is 0 Å². The van der Waals surface area contributed by atoms with Crippen molar-refractivity contribution in [1.29, 1.82) is 0 Å². The molecule has 4 heteroatoms. The van der Waals surface area contributed by atoms with Crippen LogP contribution < -0.4 is 16.0 Å². The summed E-state index contributed by atoms with van der Waals surface area (Å²) in [4.78, 5) is 14.3. The number of nitrogens with two attached hydrogens (primary N) is 1. The van der Waals surface area contributed by atoms with Crippen molar-refractivity contribution in [1.82, 2.24) is 5.32 Å². The molecule has 1 aromatic carbocycles. The van der Waals surface area contributed by atoms with Gasteiger partial charge in [-0.3, -0.25) is 4.79 Å². The molecule has 1 aromatic rings. The van der Waals surface area contributed by atoms with E-state index in [2.05, 4.69) is 42.3 Å². The Morgan fingerprint density at radius 3 is 2.79 bits per heavy atom. The Morgan fingerprint density at radius 1 is 1.42 bits per heavy atom. The number of benzene rings is 1. The predicted octanol–water partition coefficient (Wildman–Crippen LogP) is 1.35. The normalized spacial score (nSPS) is 24.0. The number of carbonyl (C=O) groups excluding carboxylic acids is 1. The number of hydrogen-bond donors (Lipinski definition) is 2. The van der Waals surface area contributed by atoms with Gasteiger partial charge in [-0.05, 0) is 38.8 Å². The highest BCUT2D eigenvalue weighted by Crippen LogP contribution is 2.25. The summed E-state index contributed by atoms with van der Waals surface area (Å²) in [5.74, 6) is 0.0347. The van der Waals surface area contributed by atoms with Crippen molar-refractivity contribution in [2.24, 2.45) is 5.73 Å². The molecule has 0 saturated carbocycles. The molecule has 19 heavy (non-hydrogen) atoms. The largest absolute Gasteiger partial charge is 0.358 e.